The predicted octanol–water partition coefficient (Wildman–Crippen LogP) is 5.44. The minimum Gasteiger partial charge on any atom is -0.461 e. The third-order valence-corrected chi connectivity index (χ3v) is 9.90. The van der Waals surface area contributed by atoms with Crippen molar-refractivity contribution in [1.82, 2.24) is 29.9 Å². The minimum atomic E-state index is -1.03. The van der Waals surface area contributed by atoms with Gasteiger partial charge in [-0.3, -0.25) is 9.80 Å². The molecule has 2 aliphatic heterocycles. The summed E-state index contributed by atoms with van der Waals surface area (Å²) in [4.78, 5) is 25.9. The monoisotopic (exact) mass is 678 g/mol. The van der Waals surface area contributed by atoms with Crippen LogP contribution in [0, 0.1) is 34.3 Å². The highest BCUT2D eigenvalue weighted by Gasteiger charge is 2.49. The molecular weight excluding hydrogens is 657 g/mol. The van der Waals surface area contributed by atoms with Crippen LogP contribution in [0.25, 0.3) is 32.1 Å². The number of thiophene rings is 1. The van der Waals surface area contributed by atoms with Crippen LogP contribution in [0.15, 0.2) is 30.6 Å². The number of halogens is 4. The minimum absolute atomic E-state index is 0.00830. The molecule has 47 heavy (non-hydrogen) atoms. The molecule has 0 saturated carbocycles. The molecule has 0 aliphatic carbocycles. The number of hydrogen-bond acceptors (Lipinski definition) is 11. The van der Waals surface area contributed by atoms with Gasteiger partial charge in [-0.1, -0.05) is 22.5 Å². The first kappa shape index (κ1) is 30.6. The first-order chi connectivity index (χ1) is 22.7. The summed E-state index contributed by atoms with van der Waals surface area (Å²) < 4.78 is 52.3. The number of carbonyl (C=O) groups is 1. The summed E-state index contributed by atoms with van der Waals surface area (Å²) in [6, 6.07) is 6.34. The second kappa shape index (κ2) is 11.6. The van der Waals surface area contributed by atoms with Crippen LogP contribution in [0.5, 0.6) is 6.01 Å². The third kappa shape index (κ3) is 4.96. The van der Waals surface area contributed by atoms with Crippen LogP contribution in [0.1, 0.15) is 24.8 Å². The number of alkyl halides is 1. The topological polar surface area (TPSA) is 163 Å². The average molecular weight is 679 g/mol. The van der Waals surface area contributed by atoms with Gasteiger partial charge in [0.25, 0.3) is 0 Å². The first-order valence-corrected chi connectivity index (χ1v) is 15.5. The molecule has 0 bridgehead atoms. The Hall–Kier alpha value is -5.03. The quantitative estimate of drug-likeness (QED) is 0.229. The Morgan fingerprint density at radius 2 is 2.04 bits per heavy atom. The fourth-order valence-corrected chi connectivity index (χ4v) is 7.80. The standard InChI is InChI=1S/C30H22ClF3N10O2S/c31-19-10-17-24(23(34)22(19)16-2-3-20(33)25-21(16)18(12-36)26(37)47-25)40-28(46-14-30-4-1-8-42(30)13-15(32)11-30)41-27(17)43(9-5-35)29(45)44-38-6-7-39-44/h2-3,6-7,10,15H,1,4,8-9,11,13-14,37H2/t15-,30+/m1/s1. The fourth-order valence-electron chi connectivity index (χ4n) is 6.56. The van der Waals surface area contributed by atoms with Gasteiger partial charge in [0.2, 0.25) is 0 Å². The zero-order valence-corrected chi connectivity index (χ0v) is 25.8. The molecule has 3 aromatic heterocycles. The van der Waals surface area contributed by atoms with Gasteiger partial charge in [-0.05, 0) is 37.1 Å². The zero-order valence-electron chi connectivity index (χ0n) is 24.3. The van der Waals surface area contributed by atoms with Crippen LogP contribution in [-0.4, -0.2) is 73.8 Å². The Morgan fingerprint density at radius 1 is 1.26 bits per heavy atom. The molecule has 0 unspecified atom stereocenters. The molecule has 12 nitrogen and oxygen atoms in total. The lowest BCUT2D eigenvalue weighted by atomic mass is 9.95. The van der Waals surface area contributed by atoms with Gasteiger partial charge in [0.1, 0.15) is 41.7 Å². The number of hydrogen-bond donors (Lipinski definition) is 1. The van der Waals surface area contributed by atoms with E-state index in [1.165, 1.54) is 24.5 Å². The van der Waals surface area contributed by atoms with Crippen LogP contribution in [0.2, 0.25) is 5.02 Å². The number of fused-ring (bicyclic) bond motifs is 3. The number of nitrogens with zero attached hydrogens (tertiary/aromatic N) is 9. The second-order valence-electron chi connectivity index (χ2n) is 11.2. The number of nitriles is 2. The number of benzene rings is 2. The van der Waals surface area contributed by atoms with Crippen molar-refractivity contribution in [3.63, 3.8) is 0 Å². The first-order valence-electron chi connectivity index (χ1n) is 14.3. The fraction of sp³-hybridized carbons (Fsp3) is 0.300. The van der Waals surface area contributed by atoms with Gasteiger partial charge >= 0.3 is 12.0 Å². The van der Waals surface area contributed by atoms with Crippen molar-refractivity contribution in [2.75, 3.05) is 36.9 Å². The van der Waals surface area contributed by atoms with E-state index in [9.17, 15) is 24.1 Å². The number of amides is 1. The number of nitrogen functional groups attached to an aromatic ring is 1. The molecule has 5 aromatic rings. The molecule has 7 rings (SSSR count). The van der Waals surface area contributed by atoms with Crippen LogP contribution in [0.4, 0.5) is 28.8 Å². The maximum Gasteiger partial charge on any atom is 0.368 e. The normalized spacial score (nSPS) is 19.1. The Kier molecular flexibility index (Phi) is 7.59. The lowest BCUT2D eigenvalue weighted by Crippen LogP contribution is -2.43. The Balaban J connectivity index is 1.44. The van der Waals surface area contributed by atoms with E-state index >= 15 is 4.39 Å². The maximum atomic E-state index is 16.9. The van der Waals surface area contributed by atoms with E-state index in [0.29, 0.717) is 13.0 Å². The molecule has 238 valence electrons. The van der Waals surface area contributed by atoms with Crippen molar-refractivity contribution in [3.8, 4) is 29.3 Å². The molecular formula is C30H22ClF3N10O2S. The predicted molar refractivity (Wildman–Crippen MR) is 167 cm³/mol. The highest BCUT2D eigenvalue weighted by Crippen LogP contribution is 2.46. The van der Waals surface area contributed by atoms with Crippen molar-refractivity contribution >= 4 is 60.8 Å². The highest BCUT2D eigenvalue weighted by molar-refractivity contribution is 7.23. The summed E-state index contributed by atoms with van der Waals surface area (Å²) in [6.45, 7) is 0.419. The number of aromatic nitrogens is 5. The molecule has 5 heterocycles. The van der Waals surface area contributed by atoms with Gasteiger partial charge in [0, 0.05) is 29.3 Å². The number of anilines is 2. The van der Waals surface area contributed by atoms with Gasteiger partial charge < -0.3 is 10.5 Å². The molecule has 0 spiro atoms. The van der Waals surface area contributed by atoms with Gasteiger partial charge in [-0.15, -0.1) is 11.3 Å². The molecule has 2 saturated heterocycles. The van der Waals surface area contributed by atoms with Crippen molar-refractivity contribution in [1.29, 1.82) is 10.5 Å². The summed E-state index contributed by atoms with van der Waals surface area (Å²) in [5.74, 6) is -1.87. The van der Waals surface area contributed by atoms with Crippen LogP contribution in [-0.2, 0) is 0 Å². The number of ether oxygens (including phenoxy) is 1. The van der Waals surface area contributed by atoms with Crippen LogP contribution < -0.4 is 15.4 Å². The van der Waals surface area contributed by atoms with E-state index in [1.807, 2.05) is 17.0 Å². The highest BCUT2D eigenvalue weighted by atomic mass is 35.5. The lowest BCUT2D eigenvalue weighted by Gasteiger charge is -2.31. The van der Waals surface area contributed by atoms with Crippen molar-refractivity contribution in [2.45, 2.75) is 31.0 Å². The molecule has 2 N–H and O–H groups in total. The lowest BCUT2D eigenvalue weighted by molar-refractivity contribution is 0.107. The number of rotatable bonds is 6. The summed E-state index contributed by atoms with van der Waals surface area (Å²) >= 11 is 7.55. The molecule has 0 radical (unpaired) electrons. The number of carbonyl (C=O) groups excluding carboxylic acids is 1. The second-order valence-corrected chi connectivity index (χ2v) is 12.7. The molecule has 1 amide bonds. The van der Waals surface area contributed by atoms with E-state index in [2.05, 4.69) is 20.2 Å². The summed E-state index contributed by atoms with van der Waals surface area (Å²) in [7, 11) is 0. The van der Waals surface area contributed by atoms with Crippen molar-refractivity contribution in [2.24, 2.45) is 0 Å². The summed E-state index contributed by atoms with van der Waals surface area (Å²) in [5.41, 5.74) is 4.90. The largest absolute Gasteiger partial charge is 0.461 e. The molecule has 17 heteroatoms. The number of nitrogens with two attached hydrogens (primary N) is 1. The molecule has 2 atom stereocenters. The van der Waals surface area contributed by atoms with E-state index in [-0.39, 0.29) is 79.1 Å². The van der Waals surface area contributed by atoms with Crippen LogP contribution in [0.3, 0.4) is 0 Å². The third-order valence-electron chi connectivity index (χ3n) is 8.58. The molecule has 2 fully saturated rings. The van der Waals surface area contributed by atoms with Crippen molar-refractivity contribution in [3.05, 3.63) is 52.8 Å². The van der Waals surface area contributed by atoms with Gasteiger partial charge in [-0.25, -0.2) is 18.0 Å². The van der Waals surface area contributed by atoms with E-state index in [4.69, 9.17) is 22.1 Å². The zero-order chi connectivity index (χ0) is 33.0. The maximum absolute atomic E-state index is 16.9. The van der Waals surface area contributed by atoms with E-state index < -0.39 is 35.9 Å². The summed E-state index contributed by atoms with van der Waals surface area (Å²) in [5, 5.41) is 27.0. The van der Waals surface area contributed by atoms with Crippen molar-refractivity contribution < 1.29 is 22.7 Å². The Morgan fingerprint density at radius 3 is 2.79 bits per heavy atom. The smallest absolute Gasteiger partial charge is 0.368 e. The Bertz CT molecular complexity index is 2170. The Labute approximate surface area is 273 Å². The van der Waals surface area contributed by atoms with E-state index in [0.717, 1.165) is 33.5 Å². The van der Waals surface area contributed by atoms with Gasteiger partial charge in [0.05, 0.1) is 39.3 Å². The molecule has 2 aliphatic rings. The van der Waals surface area contributed by atoms with E-state index in [1.54, 1.807) is 0 Å². The van der Waals surface area contributed by atoms with Crippen LogP contribution >= 0.6 is 22.9 Å². The average Bonchev–Trinajstić information content (AvgIpc) is 3.83. The van der Waals surface area contributed by atoms with Gasteiger partial charge in [0.15, 0.2) is 11.6 Å². The van der Waals surface area contributed by atoms with Gasteiger partial charge in [-0.2, -0.15) is 30.7 Å². The molecule has 2 aromatic carbocycles. The SMILES string of the molecule is N#CCN(C(=O)n1nccn1)c1nc(OC[C@@]23CCCN2C[C@H](F)C3)nc2c(F)c(-c3ccc(F)c4sc(N)c(C#N)c34)c(Cl)cc12. The summed E-state index contributed by atoms with van der Waals surface area (Å²) in [6.07, 6.45) is 3.27.